The zero-order valence-corrected chi connectivity index (χ0v) is 21.7. The number of benzene rings is 1. The molecule has 1 aliphatic carbocycles. The summed E-state index contributed by atoms with van der Waals surface area (Å²) in [6, 6.07) is 9.98. The molecule has 1 fully saturated rings. The minimum atomic E-state index is -0.746. The number of hydrogen-bond acceptors (Lipinski definition) is 6. The van der Waals surface area contributed by atoms with Crippen LogP contribution in [0.25, 0.3) is 16.7 Å². The van der Waals surface area contributed by atoms with Gasteiger partial charge in [-0.15, -0.1) is 0 Å². The number of nitrogens with zero attached hydrogens (tertiary/aromatic N) is 5. The maximum Gasteiger partial charge on any atom is 0.278 e. The van der Waals surface area contributed by atoms with Gasteiger partial charge in [-0.25, -0.2) is 14.3 Å². The van der Waals surface area contributed by atoms with Crippen LogP contribution in [0.4, 0.5) is 16.0 Å². The van der Waals surface area contributed by atoms with Crippen LogP contribution in [0.15, 0.2) is 47.5 Å². The van der Waals surface area contributed by atoms with Crippen molar-refractivity contribution in [2.75, 3.05) is 18.5 Å². The van der Waals surface area contributed by atoms with Gasteiger partial charge in [-0.1, -0.05) is 19.9 Å². The summed E-state index contributed by atoms with van der Waals surface area (Å²) in [4.78, 5) is 27.0. The van der Waals surface area contributed by atoms with Gasteiger partial charge in [-0.2, -0.15) is 4.98 Å². The van der Waals surface area contributed by atoms with Crippen LogP contribution in [0.1, 0.15) is 63.4 Å². The van der Waals surface area contributed by atoms with Gasteiger partial charge < -0.3 is 10.6 Å². The van der Waals surface area contributed by atoms with Gasteiger partial charge in [0.1, 0.15) is 12.1 Å². The molecule has 1 saturated carbocycles. The average Bonchev–Trinajstić information content (AvgIpc) is 3.59. The predicted octanol–water partition coefficient (Wildman–Crippen LogP) is 4.68. The number of alkyl halides is 1. The smallest absolute Gasteiger partial charge is 0.278 e. The minimum Gasteiger partial charge on any atom is -0.324 e. The number of anilines is 2. The van der Waals surface area contributed by atoms with E-state index in [1.54, 1.807) is 21.8 Å². The summed E-state index contributed by atoms with van der Waals surface area (Å²) in [6.07, 6.45) is 5.71. The molecule has 0 unspecified atom stereocenters. The maximum atomic E-state index is 13.7. The molecule has 2 N–H and O–H groups in total. The Morgan fingerprint density at radius 3 is 2.73 bits per heavy atom. The number of halogens is 1. The molecule has 9 heteroatoms. The lowest BCUT2D eigenvalue weighted by Crippen LogP contribution is -2.33. The number of aromatic nitrogens is 5. The van der Waals surface area contributed by atoms with Crippen molar-refractivity contribution in [1.29, 1.82) is 0 Å². The van der Waals surface area contributed by atoms with Crippen molar-refractivity contribution in [3.05, 3.63) is 69.9 Å². The third kappa shape index (κ3) is 3.92. The highest BCUT2D eigenvalue weighted by Crippen LogP contribution is 2.50. The van der Waals surface area contributed by atoms with Crippen molar-refractivity contribution in [3.63, 3.8) is 0 Å². The summed E-state index contributed by atoms with van der Waals surface area (Å²) >= 11 is 0. The van der Waals surface area contributed by atoms with Crippen molar-refractivity contribution in [3.8, 4) is 5.69 Å². The zero-order chi connectivity index (χ0) is 25.9. The van der Waals surface area contributed by atoms with Gasteiger partial charge >= 0.3 is 0 Å². The number of rotatable bonds is 6. The second kappa shape index (κ2) is 8.48. The van der Waals surface area contributed by atoms with Gasteiger partial charge in [0.25, 0.3) is 5.56 Å². The Hall–Kier alpha value is -3.59. The first-order chi connectivity index (χ1) is 17.7. The summed E-state index contributed by atoms with van der Waals surface area (Å²) in [5, 5.41) is 7.31. The van der Waals surface area contributed by atoms with Gasteiger partial charge in [0.15, 0.2) is 5.65 Å². The lowest BCUT2D eigenvalue weighted by molar-refractivity contribution is 0.344. The van der Waals surface area contributed by atoms with Crippen molar-refractivity contribution in [1.82, 2.24) is 29.6 Å². The standard InChI is InChI=1S/C28H32FN7O/c1-17(2)35-25(37)21-14-32-26(33-19-5-6-22-18(11-19)13-30-16-28(22)8-9-28)34-24(21)36(35)20-7-10-31-23(12-20)27(3,4)15-29/h5-7,10-12,14,17,30H,8-9,13,15-16H2,1-4H3,(H,32,33,34). The molecule has 192 valence electrons. The molecular weight excluding hydrogens is 469 g/mol. The van der Waals surface area contributed by atoms with E-state index < -0.39 is 12.1 Å². The fourth-order valence-electron chi connectivity index (χ4n) is 5.36. The fraction of sp³-hybridized carbons (Fsp3) is 0.429. The lowest BCUT2D eigenvalue weighted by atomic mass is 9.88. The Bertz CT molecular complexity index is 1560. The normalized spacial score (nSPS) is 16.4. The topological polar surface area (TPSA) is 89.7 Å². The molecule has 0 atom stereocenters. The molecular formula is C28H32FN7O. The molecule has 6 rings (SSSR count). The van der Waals surface area contributed by atoms with E-state index in [0.717, 1.165) is 18.8 Å². The van der Waals surface area contributed by atoms with Crippen LogP contribution >= 0.6 is 0 Å². The highest BCUT2D eigenvalue weighted by Gasteiger charge is 2.46. The highest BCUT2D eigenvalue weighted by molar-refractivity contribution is 5.77. The van der Waals surface area contributed by atoms with Gasteiger partial charge in [0.05, 0.1) is 11.4 Å². The van der Waals surface area contributed by atoms with E-state index >= 15 is 0 Å². The van der Waals surface area contributed by atoms with E-state index in [4.69, 9.17) is 4.98 Å². The molecule has 2 aliphatic rings. The van der Waals surface area contributed by atoms with Crippen LogP contribution < -0.4 is 16.2 Å². The first-order valence-corrected chi connectivity index (χ1v) is 12.9. The van der Waals surface area contributed by atoms with E-state index in [1.807, 2.05) is 39.8 Å². The number of hydrogen-bond donors (Lipinski definition) is 2. The molecule has 8 nitrogen and oxygen atoms in total. The molecule has 0 saturated heterocycles. The maximum absolute atomic E-state index is 13.7. The summed E-state index contributed by atoms with van der Waals surface area (Å²) in [7, 11) is 0. The first kappa shape index (κ1) is 23.8. The molecule has 1 aromatic carbocycles. The quantitative estimate of drug-likeness (QED) is 0.399. The van der Waals surface area contributed by atoms with E-state index in [1.165, 1.54) is 24.0 Å². The molecule has 3 aromatic heterocycles. The van der Waals surface area contributed by atoms with Gasteiger partial charge in [0.2, 0.25) is 5.95 Å². The summed E-state index contributed by atoms with van der Waals surface area (Å²) in [5.41, 5.74) is 4.86. The van der Waals surface area contributed by atoms with E-state index in [2.05, 4.69) is 38.8 Å². The number of nitrogens with one attached hydrogen (secondary N) is 2. The van der Waals surface area contributed by atoms with Gasteiger partial charge in [-0.3, -0.25) is 14.2 Å². The molecule has 0 amide bonds. The molecule has 0 radical (unpaired) electrons. The Balaban J connectivity index is 1.44. The van der Waals surface area contributed by atoms with Crippen molar-refractivity contribution in [2.45, 2.75) is 64.0 Å². The molecule has 0 bridgehead atoms. The second-order valence-corrected chi connectivity index (χ2v) is 11.3. The average molecular weight is 502 g/mol. The SMILES string of the molecule is CC(C)n1c(=O)c2cnc(Nc3ccc4c(c3)CNCC43CC3)nc2n1-c1ccnc(C(C)(C)CF)c1. The lowest BCUT2D eigenvalue weighted by Gasteiger charge is -2.26. The zero-order valence-electron chi connectivity index (χ0n) is 21.7. The van der Waals surface area contributed by atoms with Crippen LogP contribution in [0, 0.1) is 0 Å². The molecule has 1 spiro atoms. The van der Waals surface area contributed by atoms with Crippen LogP contribution in [0.5, 0.6) is 0 Å². The van der Waals surface area contributed by atoms with Crippen LogP contribution in [0.3, 0.4) is 0 Å². The monoisotopic (exact) mass is 501 g/mol. The fourth-order valence-corrected chi connectivity index (χ4v) is 5.36. The minimum absolute atomic E-state index is 0.133. The molecule has 4 aromatic rings. The van der Waals surface area contributed by atoms with Crippen LogP contribution in [0.2, 0.25) is 0 Å². The van der Waals surface area contributed by atoms with Gasteiger partial charge in [-0.05, 0) is 62.1 Å². The molecule has 37 heavy (non-hydrogen) atoms. The van der Waals surface area contributed by atoms with Crippen molar-refractivity contribution in [2.24, 2.45) is 0 Å². The molecule has 4 heterocycles. The Kier molecular flexibility index (Phi) is 5.45. The third-order valence-corrected chi connectivity index (χ3v) is 7.69. The van der Waals surface area contributed by atoms with Gasteiger partial charge in [0, 0.05) is 48.0 Å². The van der Waals surface area contributed by atoms with E-state index in [-0.39, 0.29) is 11.6 Å². The van der Waals surface area contributed by atoms with Crippen LogP contribution in [-0.2, 0) is 17.4 Å². The van der Waals surface area contributed by atoms with E-state index in [0.29, 0.717) is 33.8 Å². The second-order valence-electron chi connectivity index (χ2n) is 11.3. The third-order valence-electron chi connectivity index (χ3n) is 7.69. The summed E-state index contributed by atoms with van der Waals surface area (Å²) in [5.74, 6) is 0.408. The number of pyridine rings is 1. The predicted molar refractivity (Wildman–Crippen MR) is 143 cm³/mol. The first-order valence-electron chi connectivity index (χ1n) is 12.9. The Morgan fingerprint density at radius 2 is 2.00 bits per heavy atom. The number of fused-ring (bicyclic) bond motifs is 3. The van der Waals surface area contributed by atoms with Crippen LogP contribution in [-0.4, -0.2) is 37.5 Å². The van der Waals surface area contributed by atoms with Crippen molar-refractivity contribution >= 4 is 22.7 Å². The summed E-state index contributed by atoms with van der Waals surface area (Å²) < 4.78 is 17.2. The highest BCUT2D eigenvalue weighted by atomic mass is 19.1. The van der Waals surface area contributed by atoms with Crippen molar-refractivity contribution < 1.29 is 4.39 Å². The molecule has 1 aliphatic heterocycles. The summed E-state index contributed by atoms with van der Waals surface area (Å²) in [6.45, 7) is 8.88. The Morgan fingerprint density at radius 1 is 1.19 bits per heavy atom. The Labute approximate surface area is 214 Å². The largest absolute Gasteiger partial charge is 0.324 e. The van der Waals surface area contributed by atoms with E-state index in [9.17, 15) is 9.18 Å².